The van der Waals surface area contributed by atoms with E-state index in [1.807, 2.05) is 6.07 Å². The van der Waals surface area contributed by atoms with Gasteiger partial charge in [0.05, 0.1) is 9.17 Å². The Labute approximate surface area is 102 Å². The Morgan fingerprint density at radius 2 is 2.13 bits per heavy atom. The van der Waals surface area contributed by atoms with Gasteiger partial charge in [0.15, 0.2) is 0 Å². The first-order valence-corrected chi connectivity index (χ1v) is 5.86. The third kappa shape index (κ3) is 2.06. The maximum Gasteiger partial charge on any atom is 0.132 e. The molecule has 0 saturated carbocycles. The van der Waals surface area contributed by atoms with Gasteiger partial charge in [-0.3, -0.25) is 0 Å². The van der Waals surface area contributed by atoms with Gasteiger partial charge in [-0.2, -0.15) is 0 Å². The normalized spacial score (nSPS) is 19.9. The summed E-state index contributed by atoms with van der Waals surface area (Å²) in [5.74, 6) is 0.908. The first-order valence-electron chi connectivity index (χ1n) is 4.78. The van der Waals surface area contributed by atoms with Gasteiger partial charge in [0.25, 0.3) is 0 Å². The summed E-state index contributed by atoms with van der Waals surface area (Å²) >= 11 is 2.08. The zero-order valence-corrected chi connectivity index (χ0v) is 10.8. The molecule has 1 aliphatic heterocycles. The molecular weight excluding hydrogens is 307 g/mol. The van der Waals surface area contributed by atoms with E-state index in [2.05, 4.69) is 22.6 Å². The molecule has 1 heterocycles. The molecule has 2 N–H and O–H groups in total. The average Bonchev–Trinajstić information content (AvgIpc) is 2.47. The smallest absolute Gasteiger partial charge is 0.132 e. The lowest BCUT2D eigenvalue weighted by Gasteiger charge is -2.24. The molecule has 1 aliphatic rings. The highest BCUT2D eigenvalue weighted by Gasteiger charge is 2.35. The number of aromatic hydroxyl groups is 1. The number of ether oxygens (including phenoxy) is 1. The summed E-state index contributed by atoms with van der Waals surface area (Å²) in [6, 6.07) is 3.51. The Morgan fingerprint density at radius 3 is 2.73 bits per heavy atom. The van der Waals surface area contributed by atoms with Gasteiger partial charge in [-0.15, -0.1) is 0 Å². The van der Waals surface area contributed by atoms with Crippen molar-refractivity contribution in [2.45, 2.75) is 32.0 Å². The maximum atomic E-state index is 9.84. The Bertz CT molecular complexity index is 365. The standard InChI is InChI=1S/C11H13IO3/c1-11(2,14)10-4-6-3-7(12)8(13)5-9(6)15-10/h3,5,10,13-14H,4H2,1-2H3/t10-/m1/s1. The summed E-state index contributed by atoms with van der Waals surface area (Å²) in [6.07, 6.45) is 0.458. The molecule has 4 heteroatoms. The van der Waals surface area contributed by atoms with Crippen LogP contribution in [0.3, 0.4) is 0 Å². The highest BCUT2D eigenvalue weighted by Crippen LogP contribution is 2.37. The van der Waals surface area contributed by atoms with Crippen molar-refractivity contribution in [2.75, 3.05) is 0 Å². The largest absolute Gasteiger partial charge is 0.507 e. The van der Waals surface area contributed by atoms with Crippen molar-refractivity contribution in [3.8, 4) is 11.5 Å². The lowest BCUT2D eigenvalue weighted by molar-refractivity contribution is -0.0230. The van der Waals surface area contributed by atoms with Crippen LogP contribution in [0.15, 0.2) is 12.1 Å². The summed E-state index contributed by atoms with van der Waals surface area (Å²) in [7, 11) is 0. The number of fused-ring (bicyclic) bond motifs is 1. The van der Waals surface area contributed by atoms with Crippen LogP contribution in [0.1, 0.15) is 19.4 Å². The van der Waals surface area contributed by atoms with Crippen LogP contribution in [-0.2, 0) is 6.42 Å². The molecule has 15 heavy (non-hydrogen) atoms. The molecule has 0 amide bonds. The van der Waals surface area contributed by atoms with Gasteiger partial charge in [-0.1, -0.05) is 0 Å². The second-order valence-corrected chi connectivity index (χ2v) is 5.54. The van der Waals surface area contributed by atoms with Crippen LogP contribution in [0.4, 0.5) is 0 Å². The SMILES string of the molecule is CC(C)(O)[C@H]1Cc2cc(I)c(O)cc2O1. The zero-order valence-electron chi connectivity index (χ0n) is 8.62. The molecule has 0 fully saturated rings. The first kappa shape index (κ1) is 11.0. The molecule has 3 nitrogen and oxygen atoms in total. The third-order valence-electron chi connectivity index (χ3n) is 2.59. The predicted molar refractivity (Wildman–Crippen MR) is 65.2 cm³/mol. The van der Waals surface area contributed by atoms with Crippen LogP contribution >= 0.6 is 22.6 Å². The molecule has 0 radical (unpaired) electrons. The second kappa shape index (κ2) is 3.52. The van der Waals surface area contributed by atoms with Crippen LogP contribution in [-0.4, -0.2) is 21.9 Å². The lowest BCUT2D eigenvalue weighted by Crippen LogP contribution is -2.39. The highest BCUT2D eigenvalue weighted by atomic mass is 127. The van der Waals surface area contributed by atoms with Gasteiger partial charge < -0.3 is 14.9 Å². The van der Waals surface area contributed by atoms with E-state index >= 15 is 0 Å². The lowest BCUT2D eigenvalue weighted by atomic mass is 9.97. The van der Waals surface area contributed by atoms with E-state index in [0.29, 0.717) is 12.2 Å². The molecule has 1 atom stereocenters. The van der Waals surface area contributed by atoms with Crippen molar-refractivity contribution in [3.05, 3.63) is 21.3 Å². The number of hydrogen-bond donors (Lipinski definition) is 2. The fourth-order valence-corrected chi connectivity index (χ4v) is 2.17. The van der Waals surface area contributed by atoms with E-state index in [1.165, 1.54) is 0 Å². The second-order valence-electron chi connectivity index (χ2n) is 4.38. The van der Waals surface area contributed by atoms with Gasteiger partial charge in [0, 0.05) is 12.5 Å². The van der Waals surface area contributed by atoms with E-state index in [4.69, 9.17) is 4.74 Å². The predicted octanol–water partition coefficient (Wildman–Crippen LogP) is 2.07. The number of benzene rings is 1. The van der Waals surface area contributed by atoms with Gasteiger partial charge >= 0.3 is 0 Å². The third-order valence-corrected chi connectivity index (χ3v) is 3.46. The molecular formula is C11H13IO3. The first-order chi connectivity index (χ1) is 6.88. The van der Waals surface area contributed by atoms with Crippen molar-refractivity contribution in [1.82, 2.24) is 0 Å². The number of rotatable bonds is 1. The maximum absolute atomic E-state index is 9.84. The number of aliphatic hydroxyl groups is 1. The van der Waals surface area contributed by atoms with E-state index in [-0.39, 0.29) is 11.9 Å². The summed E-state index contributed by atoms with van der Waals surface area (Å²) in [5, 5.41) is 19.4. The highest BCUT2D eigenvalue weighted by molar-refractivity contribution is 14.1. The minimum absolute atomic E-state index is 0.228. The van der Waals surface area contributed by atoms with Crippen LogP contribution in [0.5, 0.6) is 11.5 Å². The van der Waals surface area contributed by atoms with Crippen molar-refractivity contribution >= 4 is 22.6 Å². The minimum atomic E-state index is -0.861. The molecule has 0 aromatic heterocycles. The molecule has 1 aromatic rings. The number of phenols is 1. The van der Waals surface area contributed by atoms with Crippen molar-refractivity contribution in [3.63, 3.8) is 0 Å². The summed E-state index contributed by atoms with van der Waals surface area (Å²) in [4.78, 5) is 0. The van der Waals surface area contributed by atoms with Crippen molar-refractivity contribution < 1.29 is 14.9 Å². The molecule has 0 unspecified atom stereocenters. The number of hydrogen-bond acceptors (Lipinski definition) is 3. The summed E-state index contributed by atoms with van der Waals surface area (Å²) < 4.78 is 6.41. The monoisotopic (exact) mass is 320 g/mol. The van der Waals surface area contributed by atoms with Crippen LogP contribution in [0.2, 0.25) is 0 Å². The van der Waals surface area contributed by atoms with E-state index in [9.17, 15) is 10.2 Å². The Kier molecular flexibility index (Phi) is 2.58. The fraction of sp³-hybridized carbons (Fsp3) is 0.455. The zero-order chi connectivity index (χ0) is 11.2. The van der Waals surface area contributed by atoms with Gasteiger partial charge in [-0.05, 0) is 48.1 Å². The van der Waals surface area contributed by atoms with Crippen LogP contribution in [0, 0.1) is 3.57 Å². The fourth-order valence-electron chi connectivity index (χ4n) is 1.64. The Hall–Kier alpha value is -0.490. The molecule has 0 bridgehead atoms. The molecule has 1 aromatic carbocycles. The molecule has 82 valence electrons. The van der Waals surface area contributed by atoms with E-state index < -0.39 is 5.60 Å². The van der Waals surface area contributed by atoms with Crippen molar-refractivity contribution in [1.29, 1.82) is 0 Å². The van der Waals surface area contributed by atoms with Crippen LogP contribution in [0.25, 0.3) is 0 Å². The molecule has 0 saturated heterocycles. The average molecular weight is 320 g/mol. The topological polar surface area (TPSA) is 49.7 Å². The Morgan fingerprint density at radius 1 is 1.47 bits per heavy atom. The quantitative estimate of drug-likeness (QED) is 0.779. The Balaban J connectivity index is 2.32. The van der Waals surface area contributed by atoms with E-state index in [1.54, 1.807) is 19.9 Å². The van der Waals surface area contributed by atoms with Gasteiger partial charge in [0.1, 0.15) is 17.6 Å². The van der Waals surface area contributed by atoms with Gasteiger partial charge in [-0.25, -0.2) is 0 Å². The molecule has 2 rings (SSSR count). The van der Waals surface area contributed by atoms with E-state index in [0.717, 1.165) is 9.13 Å². The number of halogens is 1. The molecule has 0 aliphatic carbocycles. The minimum Gasteiger partial charge on any atom is -0.507 e. The summed E-state index contributed by atoms with van der Waals surface area (Å²) in [5.41, 5.74) is 0.185. The summed E-state index contributed by atoms with van der Waals surface area (Å²) in [6.45, 7) is 3.46. The van der Waals surface area contributed by atoms with Gasteiger partial charge in [0.2, 0.25) is 0 Å². The van der Waals surface area contributed by atoms with Crippen molar-refractivity contribution in [2.24, 2.45) is 0 Å². The molecule has 0 spiro atoms. The number of phenolic OH excluding ortho intramolecular Hbond substituents is 1. The van der Waals surface area contributed by atoms with Crippen LogP contribution < -0.4 is 4.74 Å².